The fraction of sp³-hybridized carbons (Fsp3) is 0.923. The Morgan fingerprint density at radius 2 is 1.71 bits per heavy atom. The van der Waals surface area contributed by atoms with Crippen LogP contribution >= 0.6 is 0 Å². The lowest BCUT2D eigenvalue weighted by molar-refractivity contribution is -0.141. The fourth-order valence-electron chi connectivity index (χ4n) is 3.07. The van der Waals surface area contributed by atoms with Crippen LogP contribution in [0.1, 0.15) is 47.0 Å². The van der Waals surface area contributed by atoms with Crippen molar-refractivity contribution in [1.82, 2.24) is 4.90 Å². The Morgan fingerprint density at radius 3 is 2.06 bits per heavy atom. The molecule has 1 atom stereocenters. The quantitative estimate of drug-likeness (QED) is 0.792. The molecule has 1 heterocycles. The second kappa shape index (κ2) is 4.58. The molecule has 0 aliphatic carbocycles. The molecule has 1 aliphatic rings. The van der Waals surface area contributed by atoms with Gasteiger partial charge in [-0.2, -0.15) is 0 Å². The van der Waals surface area contributed by atoms with Gasteiger partial charge in [0.25, 0.3) is 0 Å². The third-order valence-electron chi connectivity index (χ3n) is 4.27. The van der Waals surface area contributed by atoms with Gasteiger partial charge in [0.05, 0.1) is 12.5 Å². The zero-order valence-electron chi connectivity index (χ0n) is 11.5. The number of likely N-dealkylation sites (tertiary alicyclic amines) is 1. The van der Waals surface area contributed by atoms with Crippen molar-refractivity contribution >= 4 is 5.97 Å². The van der Waals surface area contributed by atoms with E-state index < -0.39 is 12.1 Å². The Kier molecular flexibility index (Phi) is 3.89. The number of carbonyl (C=O) groups is 1. The molecule has 0 aromatic rings. The summed E-state index contributed by atoms with van der Waals surface area (Å²) < 4.78 is 0. The van der Waals surface area contributed by atoms with Gasteiger partial charge in [0.1, 0.15) is 0 Å². The van der Waals surface area contributed by atoms with Crippen LogP contribution in [0, 0.1) is 5.92 Å². The first-order valence-electron chi connectivity index (χ1n) is 6.20. The first kappa shape index (κ1) is 14.5. The average Bonchev–Trinajstić information content (AvgIpc) is 2.11. The van der Waals surface area contributed by atoms with Gasteiger partial charge in [0.2, 0.25) is 0 Å². The molecule has 4 nitrogen and oxygen atoms in total. The van der Waals surface area contributed by atoms with Gasteiger partial charge < -0.3 is 10.2 Å². The summed E-state index contributed by atoms with van der Waals surface area (Å²) in [6.07, 6.45) is 0.781. The van der Waals surface area contributed by atoms with Crippen molar-refractivity contribution in [3.63, 3.8) is 0 Å². The summed E-state index contributed by atoms with van der Waals surface area (Å²) in [5.41, 5.74) is -0.0161. The molecule has 2 N–H and O–H groups in total. The summed E-state index contributed by atoms with van der Waals surface area (Å²) in [5, 5.41) is 18.8. The Hall–Kier alpha value is -0.610. The van der Waals surface area contributed by atoms with Crippen molar-refractivity contribution in [2.75, 3.05) is 7.05 Å². The largest absolute Gasteiger partial charge is 0.481 e. The Labute approximate surface area is 104 Å². The zero-order chi connectivity index (χ0) is 13.4. The SMILES string of the molecule is CN1C(C)(C)CC(C(O)CC(=O)O)CC1(C)C. The first-order chi connectivity index (χ1) is 7.56. The van der Waals surface area contributed by atoms with Crippen LogP contribution in [0.3, 0.4) is 0 Å². The van der Waals surface area contributed by atoms with Crippen LogP contribution in [0.4, 0.5) is 0 Å². The van der Waals surface area contributed by atoms with Crippen molar-refractivity contribution in [3.8, 4) is 0 Å². The normalized spacial score (nSPS) is 26.7. The number of nitrogens with zero attached hydrogens (tertiary/aromatic N) is 1. The lowest BCUT2D eigenvalue weighted by atomic mass is 9.71. The van der Waals surface area contributed by atoms with Crippen molar-refractivity contribution < 1.29 is 15.0 Å². The molecule has 0 saturated carbocycles. The second-order valence-corrected chi connectivity index (χ2v) is 6.52. The highest BCUT2D eigenvalue weighted by Crippen LogP contribution is 2.41. The van der Waals surface area contributed by atoms with E-state index in [0.717, 1.165) is 12.8 Å². The Morgan fingerprint density at radius 1 is 1.29 bits per heavy atom. The second-order valence-electron chi connectivity index (χ2n) is 6.52. The smallest absolute Gasteiger partial charge is 0.305 e. The van der Waals surface area contributed by atoms with E-state index in [9.17, 15) is 9.90 Å². The highest BCUT2D eigenvalue weighted by atomic mass is 16.4. The number of carboxylic acid groups (broad SMARTS) is 1. The van der Waals surface area contributed by atoms with Gasteiger partial charge in [0, 0.05) is 11.1 Å². The van der Waals surface area contributed by atoms with E-state index in [1.807, 2.05) is 0 Å². The monoisotopic (exact) mass is 243 g/mol. The summed E-state index contributed by atoms with van der Waals surface area (Å²) in [5.74, 6) is -0.862. The van der Waals surface area contributed by atoms with Crippen molar-refractivity contribution in [2.45, 2.75) is 64.1 Å². The number of aliphatic hydroxyl groups excluding tert-OH is 1. The summed E-state index contributed by atoms with van der Waals surface area (Å²) in [6, 6.07) is 0. The van der Waals surface area contributed by atoms with E-state index in [1.54, 1.807) is 0 Å². The number of hydrogen-bond acceptors (Lipinski definition) is 3. The first-order valence-corrected chi connectivity index (χ1v) is 6.20. The molecular weight excluding hydrogens is 218 g/mol. The molecule has 1 aliphatic heterocycles. The minimum absolute atomic E-state index is 0.00804. The van der Waals surface area contributed by atoms with Gasteiger partial charge >= 0.3 is 5.97 Å². The minimum Gasteiger partial charge on any atom is -0.481 e. The van der Waals surface area contributed by atoms with E-state index in [1.165, 1.54) is 0 Å². The third-order valence-corrected chi connectivity index (χ3v) is 4.27. The number of aliphatic hydroxyl groups is 1. The predicted molar refractivity (Wildman–Crippen MR) is 66.9 cm³/mol. The number of aliphatic carboxylic acids is 1. The molecule has 1 rings (SSSR count). The van der Waals surface area contributed by atoms with Crippen LogP contribution in [0.2, 0.25) is 0 Å². The van der Waals surface area contributed by atoms with Crippen LogP contribution in [-0.2, 0) is 4.79 Å². The average molecular weight is 243 g/mol. The lowest BCUT2D eigenvalue weighted by Gasteiger charge is -2.54. The summed E-state index contributed by atoms with van der Waals surface area (Å²) in [4.78, 5) is 13.0. The van der Waals surface area contributed by atoms with Gasteiger partial charge in [-0.15, -0.1) is 0 Å². The highest BCUT2D eigenvalue weighted by Gasteiger charge is 2.45. The lowest BCUT2D eigenvalue weighted by Crippen LogP contribution is -2.60. The highest BCUT2D eigenvalue weighted by molar-refractivity contribution is 5.67. The Bertz CT molecular complexity index is 281. The molecule has 0 radical (unpaired) electrons. The topological polar surface area (TPSA) is 60.8 Å². The van der Waals surface area contributed by atoms with Crippen LogP contribution in [0.5, 0.6) is 0 Å². The van der Waals surface area contributed by atoms with Gasteiger partial charge in [-0.3, -0.25) is 9.69 Å². The maximum absolute atomic E-state index is 10.7. The maximum Gasteiger partial charge on any atom is 0.305 e. The molecule has 1 unspecified atom stereocenters. The molecule has 0 spiro atoms. The van der Waals surface area contributed by atoms with Crippen molar-refractivity contribution in [1.29, 1.82) is 0 Å². The fourth-order valence-corrected chi connectivity index (χ4v) is 3.07. The van der Waals surface area contributed by atoms with E-state index in [4.69, 9.17) is 5.11 Å². The summed E-state index contributed by atoms with van der Waals surface area (Å²) >= 11 is 0. The minimum atomic E-state index is -0.924. The van der Waals surface area contributed by atoms with Crippen LogP contribution in [-0.4, -0.2) is 45.3 Å². The van der Waals surface area contributed by atoms with Crippen molar-refractivity contribution in [3.05, 3.63) is 0 Å². The molecule has 17 heavy (non-hydrogen) atoms. The van der Waals surface area contributed by atoms with Crippen LogP contribution in [0.15, 0.2) is 0 Å². The molecular formula is C13H25NO3. The number of rotatable bonds is 3. The van der Waals surface area contributed by atoms with Gasteiger partial charge in [0.15, 0.2) is 0 Å². The van der Waals surface area contributed by atoms with E-state index >= 15 is 0 Å². The predicted octanol–water partition coefficient (Wildman–Crippen LogP) is 1.72. The van der Waals surface area contributed by atoms with Gasteiger partial charge in [-0.05, 0) is 53.5 Å². The van der Waals surface area contributed by atoms with Gasteiger partial charge in [-0.1, -0.05) is 0 Å². The van der Waals surface area contributed by atoms with Crippen LogP contribution < -0.4 is 0 Å². The molecule has 1 saturated heterocycles. The molecule has 0 aromatic carbocycles. The molecule has 100 valence electrons. The van der Waals surface area contributed by atoms with E-state index in [2.05, 4.69) is 39.6 Å². The number of piperidine rings is 1. The molecule has 0 amide bonds. The number of hydrogen-bond donors (Lipinski definition) is 2. The van der Waals surface area contributed by atoms with Crippen LogP contribution in [0.25, 0.3) is 0 Å². The standard InChI is InChI=1S/C13H25NO3/c1-12(2)7-9(10(15)6-11(16)17)8-13(3,4)14(12)5/h9-10,15H,6-8H2,1-5H3,(H,16,17). The van der Waals surface area contributed by atoms with Crippen molar-refractivity contribution in [2.24, 2.45) is 5.92 Å². The van der Waals surface area contributed by atoms with E-state index in [-0.39, 0.29) is 23.4 Å². The molecule has 4 heteroatoms. The summed E-state index contributed by atoms with van der Waals surface area (Å²) in [6.45, 7) is 8.59. The zero-order valence-corrected chi connectivity index (χ0v) is 11.5. The maximum atomic E-state index is 10.7. The van der Waals surface area contributed by atoms with E-state index in [0.29, 0.717) is 0 Å². The van der Waals surface area contributed by atoms with Gasteiger partial charge in [-0.25, -0.2) is 0 Å². The Balaban J connectivity index is 2.81. The molecule has 0 bridgehead atoms. The number of carboxylic acids is 1. The molecule has 0 aromatic heterocycles. The summed E-state index contributed by atoms with van der Waals surface area (Å²) in [7, 11) is 2.10. The third kappa shape index (κ3) is 3.19. The molecule has 1 fully saturated rings.